The van der Waals surface area contributed by atoms with Crippen LogP contribution in [0.5, 0.6) is 5.75 Å². The number of alkyl halides is 2. The smallest absolute Gasteiger partial charge is 0.387 e. The van der Waals surface area contributed by atoms with E-state index in [1.54, 1.807) is 12.1 Å². The van der Waals surface area contributed by atoms with Crippen molar-refractivity contribution in [2.75, 3.05) is 24.1 Å². The fourth-order valence-corrected chi connectivity index (χ4v) is 2.93. The van der Waals surface area contributed by atoms with E-state index >= 15 is 0 Å². The van der Waals surface area contributed by atoms with Crippen molar-refractivity contribution in [1.29, 1.82) is 0 Å². The molecule has 8 nitrogen and oxygen atoms in total. The third-order valence-electron chi connectivity index (χ3n) is 3.62. The molecule has 0 saturated carbocycles. The molecule has 0 aliphatic rings. The van der Waals surface area contributed by atoms with E-state index in [1.165, 1.54) is 36.4 Å². The molecule has 0 aromatic heterocycles. The predicted octanol–water partition coefficient (Wildman–Crippen LogP) is 2.18. The van der Waals surface area contributed by atoms with Gasteiger partial charge in [0.15, 0.2) is 6.61 Å². The Morgan fingerprint density at radius 3 is 2.43 bits per heavy atom. The summed E-state index contributed by atoms with van der Waals surface area (Å²) in [5.74, 6) is -1.26. The molecule has 162 valence electrons. The molecule has 0 aliphatic heterocycles. The zero-order valence-electron chi connectivity index (χ0n) is 15.9. The van der Waals surface area contributed by atoms with E-state index in [-0.39, 0.29) is 23.5 Å². The van der Waals surface area contributed by atoms with Crippen LogP contribution in [-0.2, 0) is 26.0 Å². The van der Waals surface area contributed by atoms with Crippen LogP contribution in [0.3, 0.4) is 0 Å². The van der Waals surface area contributed by atoms with Crippen molar-refractivity contribution in [3.05, 3.63) is 59.7 Å². The normalized spacial score (nSPS) is 11.1. The molecule has 0 spiro atoms. The van der Waals surface area contributed by atoms with Crippen LogP contribution >= 0.6 is 0 Å². The largest absolute Gasteiger partial charge is 0.452 e. The lowest BCUT2D eigenvalue weighted by atomic mass is 10.1. The van der Waals surface area contributed by atoms with E-state index in [2.05, 4.69) is 14.8 Å². The first-order valence-electron chi connectivity index (χ1n) is 8.68. The molecule has 0 radical (unpaired) electrons. The lowest BCUT2D eigenvalue weighted by molar-refractivity contribution is -0.124. The Morgan fingerprint density at radius 2 is 1.80 bits per heavy atom. The van der Waals surface area contributed by atoms with Gasteiger partial charge in [0.05, 0.1) is 11.8 Å². The Balaban J connectivity index is 1.75. The van der Waals surface area contributed by atoms with Crippen molar-refractivity contribution in [1.82, 2.24) is 5.32 Å². The molecule has 30 heavy (non-hydrogen) atoms. The first-order chi connectivity index (χ1) is 14.1. The summed E-state index contributed by atoms with van der Waals surface area (Å²) in [5.41, 5.74) is 1.08. The second-order valence-corrected chi connectivity index (χ2v) is 7.90. The molecular formula is C19H20F2N2O6S. The molecule has 11 heteroatoms. The third kappa shape index (κ3) is 8.43. The summed E-state index contributed by atoms with van der Waals surface area (Å²) >= 11 is 0. The number of hydrogen-bond donors (Lipinski definition) is 2. The van der Waals surface area contributed by atoms with Gasteiger partial charge in [-0.2, -0.15) is 8.78 Å². The molecule has 0 aliphatic carbocycles. The summed E-state index contributed by atoms with van der Waals surface area (Å²) in [4.78, 5) is 23.8. The van der Waals surface area contributed by atoms with E-state index < -0.39 is 35.1 Å². The fourth-order valence-electron chi connectivity index (χ4n) is 2.37. The van der Waals surface area contributed by atoms with Crippen LogP contribution in [0.4, 0.5) is 14.5 Å². The minimum Gasteiger partial charge on any atom is -0.452 e. The lowest BCUT2D eigenvalue weighted by Crippen LogP contribution is -2.30. The predicted molar refractivity (Wildman–Crippen MR) is 105 cm³/mol. The van der Waals surface area contributed by atoms with Crippen molar-refractivity contribution >= 4 is 27.6 Å². The highest BCUT2D eigenvalue weighted by Crippen LogP contribution is 2.15. The molecule has 2 rings (SSSR count). The molecule has 0 saturated heterocycles. The Hall–Kier alpha value is -3.21. The first-order valence-corrected chi connectivity index (χ1v) is 10.6. The maximum atomic E-state index is 12.1. The Labute approximate surface area is 172 Å². The van der Waals surface area contributed by atoms with E-state index in [9.17, 15) is 26.8 Å². The molecule has 0 fully saturated rings. The van der Waals surface area contributed by atoms with Crippen molar-refractivity contribution in [2.45, 2.75) is 13.0 Å². The third-order valence-corrected chi connectivity index (χ3v) is 4.23. The average molecular weight is 442 g/mol. The molecule has 0 heterocycles. The van der Waals surface area contributed by atoms with Gasteiger partial charge in [-0.15, -0.1) is 0 Å². The number of carbonyl (C=O) groups excluding carboxylic acids is 2. The number of halogens is 2. The summed E-state index contributed by atoms with van der Waals surface area (Å²) in [6.45, 7) is -3.15. The highest BCUT2D eigenvalue weighted by atomic mass is 32.2. The monoisotopic (exact) mass is 442 g/mol. The van der Waals surface area contributed by atoms with Gasteiger partial charge in [0.25, 0.3) is 5.91 Å². The van der Waals surface area contributed by atoms with Crippen LogP contribution in [0.25, 0.3) is 0 Å². The number of rotatable bonds is 10. The Bertz CT molecular complexity index is 981. The van der Waals surface area contributed by atoms with E-state index in [0.717, 1.165) is 11.8 Å². The van der Waals surface area contributed by atoms with Gasteiger partial charge in [0, 0.05) is 12.2 Å². The Kier molecular flexibility index (Phi) is 8.10. The standard InChI is InChI=1S/C19H20F2N2O6S/c1-30(26,27)23-15-4-2-3-14(11-15)18(25)28-12-17(24)22-10-9-13-5-7-16(8-6-13)29-19(20)21/h2-8,11,19,23H,9-10,12H2,1H3,(H,22,24). The zero-order valence-corrected chi connectivity index (χ0v) is 16.7. The minimum absolute atomic E-state index is 0.0421. The van der Waals surface area contributed by atoms with Crippen molar-refractivity contribution in [2.24, 2.45) is 0 Å². The Morgan fingerprint density at radius 1 is 1.10 bits per heavy atom. The van der Waals surface area contributed by atoms with Crippen LogP contribution in [0.2, 0.25) is 0 Å². The van der Waals surface area contributed by atoms with Crippen molar-refractivity contribution < 1.29 is 36.3 Å². The van der Waals surface area contributed by atoms with Crippen molar-refractivity contribution in [3.8, 4) is 5.75 Å². The second kappa shape index (κ2) is 10.5. The summed E-state index contributed by atoms with van der Waals surface area (Å²) in [6, 6.07) is 11.7. The first kappa shape index (κ1) is 23.1. The number of ether oxygens (including phenoxy) is 2. The summed E-state index contributed by atoms with van der Waals surface area (Å²) in [6.07, 6.45) is 1.42. The fraction of sp³-hybridized carbons (Fsp3) is 0.263. The molecule has 2 aromatic rings. The van der Waals surface area contributed by atoms with Gasteiger partial charge in [-0.3, -0.25) is 9.52 Å². The van der Waals surface area contributed by atoms with Gasteiger partial charge in [-0.05, 0) is 42.3 Å². The number of benzene rings is 2. The second-order valence-electron chi connectivity index (χ2n) is 6.15. The van der Waals surface area contributed by atoms with E-state index in [4.69, 9.17) is 4.74 Å². The van der Waals surface area contributed by atoms with Gasteiger partial charge in [-0.25, -0.2) is 13.2 Å². The number of hydrogen-bond acceptors (Lipinski definition) is 6. The lowest BCUT2D eigenvalue weighted by Gasteiger charge is -2.09. The molecule has 0 unspecified atom stereocenters. The van der Waals surface area contributed by atoms with Crippen LogP contribution in [-0.4, -0.2) is 46.3 Å². The van der Waals surface area contributed by atoms with Crippen LogP contribution in [0.15, 0.2) is 48.5 Å². The number of anilines is 1. The maximum absolute atomic E-state index is 12.1. The summed E-state index contributed by atoms with van der Waals surface area (Å²) in [5, 5.41) is 2.57. The highest BCUT2D eigenvalue weighted by molar-refractivity contribution is 7.92. The van der Waals surface area contributed by atoms with Crippen molar-refractivity contribution in [3.63, 3.8) is 0 Å². The SMILES string of the molecule is CS(=O)(=O)Nc1cccc(C(=O)OCC(=O)NCCc2ccc(OC(F)F)cc2)c1. The molecule has 1 amide bonds. The van der Waals surface area contributed by atoms with Gasteiger partial charge in [-0.1, -0.05) is 18.2 Å². The van der Waals surface area contributed by atoms with Gasteiger partial charge < -0.3 is 14.8 Å². The maximum Gasteiger partial charge on any atom is 0.387 e. The summed E-state index contributed by atoms with van der Waals surface area (Å²) < 4.78 is 58.1. The zero-order chi connectivity index (χ0) is 22.1. The molecule has 0 atom stereocenters. The molecule has 0 bridgehead atoms. The summed E-state index contributed by atoms with van der Waals surface area (Å²) in [7, 11) is -3.49. The molecular weight excluding hydrogens is 422 g/mol. The number of nitrogens with one attached hydrogen (secondary N) is 2. The number of sulfonamides is 1. The van der Waals surface area contributed by atoms with E-state index in [1.807, 2.05) is 0 Å². The van der Waals surface area contributed by atoms with Gasteiger partial charge >= 0.3 is 12.6 Å². The van der Waals surface area contributed by atoms with Gasteiger partial charge in [0.1, 0.15) is 5.75 Å². The number of carbonyl (C=O) groups is 2. The minimum atomic E-state index is -3.49. The topological polar surface area (TPSA) is 111 Å². The average Bonchev–Trinajstić information content (AvgIpc) is 2.66. The van der Waals surface area contributed by atoms with Crippen LogP contribution < -0.4 is 14.8 Å². The number of amides is 1. The molecule has 2 N–H and O–H groups in total. The highest BCUT2D eigenvalue weighted by Gasteiger charge is 2.12. The van der Waals surface area contributed by atoms with Crippen LogP contribution in [0, 0.1) is 0 Å². The van der Waals surface area contributed by atoms with Gasteiger partial charge in [0.2, 0.25) is 10.0 Å². The van der Waals surface area contributed by atoms with Crippen LogP contribution in [0.1, 0.15) is 15.9 Å². The quantitative estimate of drug-likeness (QED) is 0.546. The number of esters is 1. The van der Waals surface area contributed by atoms with E-state index in [0.29, 0.717) is 6.42 Å². The molecule has 2 aromatic carbocycles.